The van der Waals surface area contributed by atoms with Gasteiger partial charge in [-0.25, -0.2) is 4.39 Å². The molecule has 90 valence electrons. The average Bonchev–Trinajstić information content (AvgIpc) is 2.19. The summed E-state index contributed by atoms with van der Waals surface area (Å²) in [5.74, 6) is -4.76. The Morgan fingerprint density at radius 3 is 2.65 bits per heavy atom. The first-order chi connectivity index (χ1) is 7.91. The summed E-state index contributed by atoms with van der Waals surface area (Å²) < 4.78 is 17.5. The van der Waals surface area contributed by atoms with Crippen LogP contribution < -0.4 is 4.74 Å². The van der Waals surface area contributed by atoms with Gasteiger partial charge in [0.2, 0.25) is 5.75 Å². The number of carboxylic acids is 1. The van der Waals surface area contributed by atoms with Crippen molar-refractivity contribution in [2.24, 2.45) is 0 Å². The highest BCUT2D eigenvalue weighted by molar-refractivity contribution is 5.91. The lowest BCUT2D eigenvalue weighted by Gasteiger charge is -2.04. The molecular weight excluding hydrogens is 237 g/mol. The summed E-state index contributed by atoms with van der Waals surface area (Å²) in [6, 6.07) is 2.87. The molecule has 1 aromatic rings. The zero-order valence-electron chi connectivity index (χ0n) is 8.25. The fraction of sp³-hybridized carbons (Fsp3) is 0.111. The maximum Gasteiger partial charge on any atom is 0.322 e. The standard InChI is InChI=1S/C9H6FNO6/c10-5-2-1-3-6(11(15)16)9(5)17-8(14)4-7(12)13/h1-3H,4H2,(H,12,13). The predicted molar refractivity (Wildman–Crippen MR) is 50.9 cm³/mol. The van der Waals surface area contributed by atoms with E-state index in [9.17, 15) is 24.1 Å². The molecule has 0 unspecified atom stereocenters. The number of halogens is 1. The minimum absolute atomic E-state index is 0.747. The summed E-state index contributed by atoms with van der Waals surface area (Å²) in [6.07, 6.45) is -1.01. The number of carbonyl (C=O) groups excluding carboxylic acids is 1. The molecule has 0 saturated carbocycles. The van der Waals surface area contributed by atoms with E-state index in [4.69, 9.17) is 5.11 Å². The number of aliphatic carboxylic acids is 1. The van der Waals surface area contributed by atoms with Crippen molar-refractivity contribution in [3.05, 3.63) is 34.1 Å². The summed E-state index contributed by atoms with van der Waals surface area (Å²) in [7, 11) is 0. The molecule has 1 N–H and O–H groups in total. The number of carboxylic acid groups (broad SMARTS) is 1. The Morgan fingerprint density at radius 1 is 1.47 bits per heavy atom. The van der Waals surface area contributed by atoms with Crippen LogP contribution in [-0.4, -0.2) is 22.0 Å². The van der Waals surface area contributed by atoms with Gasteiger partial charge in [-0.3, -0.25) is 19.7 Å². The average molecular weight is 243 g/mol. The van der Waals surface area contributed by atoms with Gasteiger partial charge in [0, 0.05) is 6.07 Å². The molecule has 0 aliphatic rings. The number of nitro groups is 1. The van der Waals surface area contributed by atoms with Crippen LogP contribution in [-0.2, 0) is 9.59 Å². The first kappa shape index (κ1) is 12.6. The second-order valence-corrected chi connectivity index (χ2v) is 2.89. The van der Waals surface area contributed by atoms with Crippen LogP contribution in [0.15, 0.2) is 18.2 Å². The van der Waals surface area contributed by atoms with Crippen LogP contribution in [0.2, 0.25) is 0 Å². The van der Waals surface area contributed by atoms with Crippen molar-refractivity contribution in [1.29, 1.82) is 0 Å². The molecule has 1 rings (SSSR count). The SMILES string of the molecule is O=C(O)CC(=O)Oc1c(F)cccc1[N+](=O)[O-]. The topological polar surface area (TPSA) is 107 Å². The van der Waals surface area contributed by atoms with E-state index < -0.39 is 40.5 Å². The van der Waals surface area contributed by atoms with Gasteiger partial charge in [0.1, 0.15) is 6.42 Å². The third-order valence-corrected chi connectivity index (χ3v) is 1.65. The summed E-state index contributed by atoms with van der Waals surface area (Å²) in [5.41, 5.74) is -0.747. The Kier molecular flexibility index (Phi) is 3.70. The number of ether oxygens (including phenoxy) is 1. The highest BCUT2D eigenvalue weighted by Gasteiger charge is 2.23. The molecule has 0 atom stereocenters. The number of carbonyl (C=O) groups is 2. The van der Waals surface area contributed by atoms with Gasteiger partial charge >= 0.3 is 17.6 Å². The molecule has 0 spiro atoms. The zero-order chi connectivity index (χ0) is 13.0. The molecule has 0 amide bonds. The Labute approximate surface area is 93.6 Å². The zero-order valence-corrected chi connectivity index (χ0v) is 8.25. The van der Waals surface area contributed by atoms with Crippen molar-refractivity contribution in [2.75, 3.05) is 0 Å². The molecule has 0 heterocycles. The Morgan fingerprint density at radius 2 is 2.12 bits per heavy atom. The van der Waals surface area contributed by atoms with E-state index in [1.54, 1.807) is 0 Å². The lowest BCUT2D eigenvalue weighted by molar-refractivity contribution is -0.385. The number of nitrogens with zero attached hydrogens (tertiary/aromatic N) is 1. The summed E-state index contributed by atoms with van der Waals surface area (Å²) >= 11 is 0. The number of para-hydroxylation sites is 1. The van der Waals surface area contributed by atoms with Crippen molar-refractivity contribution >= 4 is 17.6 Å². The molecule has 8 heteroatoms. The smallest absolute Gasteiger partial charge is 0.322 e. The number of esters is 1. The normalized spacial score (nSPS) is 9.71. The Hall–Kier alpha value is -2.51. The van der Waals surface area contributed by atoms with Crippen LogP contribution >= 0.6 is 0 Å². The summed E-state index contributed by atoms with van der Waals surface area (Å²) in [6.45, 7) is 0. The van der Waals surface area contributed by atoms with Gasteiger partial charge in [-0.05, 0) is 6.07 Å². The quantitative estimate of drug-likeness (QED) is 0.279. The highest BCUT2D eigenvalue weighted by atomic mass is 19.1. The molecule has 17 heavy (non-hydrogen) atoms. The van der Waals surface area contributed by atoms with Crippen LogP contribution in [0.1, 0.15) is 6.42 Å². The fourth-order valence-electron chi connectivity index (χ4n) is 1.02. The molecule has 0 bridgehead atoms. The van der Waals surface area contributed by atoms with Gasteiger partial charge in [0.15, 0.2) is 5.82 Å². The highest BCUT2D eigenvalue weighted by Crippen LogP contribution is 2.29. The van der Waals surface area contributed by atoms with Gasteiger partial charge in [0.25, 0.3) is 0 Å². The second kappa shape index (κ2) is 5.01. The van der Waals surface area contributed by atoms with Crippen LogP contribution in [0.5, 0.6) is 5.75 Å². The van der Waals surface area contributed by atoms with Crippen molar-refractivity contribution in [3.63, 3.8) is 0 Å². The van der Waals surface area contributed by atoms with Crippen molar-refractivity contribution in [1.82, 2.24) is 0 Å². The first-order valence-electron chi connectivity index (χ1n) is 4.27. The number of benzene rings is 1. The van der Waals surface area contributed by atoms with E-state index in [1.165, 1.54) is 0 Å². The van der Waals surface area contributed by atoms with E-state index in [-0.39, 0.29) is 0 Å². The van der Waals surface area contributed by atoms with Gasteiger partial charge < -0.3 is 9.84 Å². The molecule has 0 radical (unpaired) electrons. The minimum atomic E-state index is -1.48. The molecule has 1 aromatic carbocycles. The number of hydrogen-bond acceptors (Lipinski definition) is 5. The van der Waals surface area contributed by atoms with E-state index in [0.29, 0.717) is 0 Å². The molecule has 0 saturated heterocycles. The maximum absolute atomic E-state index is 13.2. The van der Waals surface area contributed by atoms with Crippen molar-refractivity contribution < 1.29 is 28.7 Å². The van der Waals surface area contributed by atoms with Crippen molar-refractivity contribution in [3.8, 4) is 5.75 Å². The fourth-order valence-corrected chi connectivity index (χ4v) is 1.02. The van der Waals surface area contributed by atoms with Crippen LogP contribution in [0.4, 0.5) is 10.1 Å². The molecule has 0 aromatic heterocycles. The van der Waals surface area contributed by atoms with E-state index in [2.05, 4.69) is 4.74 Å². The molecule has 7 nitrogen and oxygen atoms in total. The van der Waals surface area contributed by atoms with Crippen LogP contribution in [0, 0.1) is 15.9 Å². The minimum Gasteiger partial charge on any atom is -0.481 e. The molecular formula is C9H6FNO6. The van der Waals surface area contributed by atoms with Gasteiger partial charge in [-0.1, -0.05) is 6.07 Å². The largest absolute Gasteiger partial charge is 0.481 e. The van der Waals surface area contributed by atoms with E-state index in [0.717, 1.165) is 18.2 Å². The van der Waals surface area contributed by atoms with Crippen LogP contribution in [0.3, 0.4) is 0 Å². The Bertz CT molecular complexity index is 486. The third-order valence-electron chi connectivity index (χ3n) is 1.65. The second-order valence-electron chi connectivity index (χ2n) is 2.89. The monoisotopic (exact) mass is 243 g/mol. The molecule has 0 aliphatic carbocycles. The summed E-state index contributed by atoms with van der Waals surface area (Å²) in [4.78, 5) is 30.7. The van der Waals surface area contributed by atoms with Gasteiger partial charge in [0.05, 0.1) is 4.92 Å². The van der Waals surface area contributed by atoms with Crippen LogP contribution in [0.25, 0.3) is 0 Å². The van der Waals surface area contributed by atoms with Crippen molar-refractivity contribution in [2.45, 2.75) is 6.42 Å². The maximum atomic E-state index is 13.2. The number of nitro benzene ring substituents is 1. The molecule has 0 fully saturated rings. The van der Waals surface area contributed by atoms with Gasteiger partial charge in [-0.2, -0.15) is 0 Å². The lowest BCUT2D eigenvalue weighted by Crippen LogP contribution is -2.14. The Balaban J connectivity index is 3.01. The molecule has 0 aliphatic heterocycles. The van der Waals surface area contributed by atoms with Gasteiger partial charge in [-0.15, -0.1) is 0 Å². The summed E-state index contributed by atoms with van der Waals surface area (Å²) in [5, 5.41) is 18.8. The predicted octanol–water partition coefficient (Wildman–Crippen LogP) is 1.11. The first-order valence-corrected chi connectivity index (χ1v) is 4.27. The number of rotatable bonds is 4. The lowest BCUT2D eigenvalue weighted by atomic mass is 10.3. The number of hydrogen-bond donors (Lipinski definition) is 1. The van der Waals surface area contributed by atoms with E-state index in [1.807, 2.05) is 0 Å². The van der Waals surface area contributed by atoms with E-state index >= 15 is 0 Å². The third kappa shape index (κ3) is 3.23.